The standard InChI is InChI=1S/C35H36N2O13S/c1-18(38)46-17-25(47-19(2)39)28(48-20(3)40)29(49-21(4)41)30(50-22(5)42)35-27-26(31(43)37(32(27)44)24-15-11-8-12-16-24)34(51-35,33(45)36(35)6)23-13-9-7-10-14-23/h7-16,25-30H,17H2,1-6H3/t25-,26+,27-,28-,29+,30-,34-,35-/m1/s1. The van der Waals surface area contributed by atoms with Crippen molar-refractivity contribution in [3.8, 4) is 0 Å². The van der Waals surface area contributed by atoms with Gasteiger partial charge >= 0.3 is 29.8 Å². The van der Waals surface area contributed by atoms with Crippen LogP contribution in [-0.4, -0.2) is 95.4 Å². The molecule has 0 radical (unpaired) electrons. The van der Waals surface area contributed by atoms with Gasteiger partial charge in [-0.1, -0.05) is 48.5 Å². The number of likely N-dealkylation sites (tertiary alicyclic amines) is 1. The van der Waals surface area contributed by atoms with Crippen LogP contribution in [0, 0.1) is 11.8 Å². The van der Waals surface area contributed by atoms with Crippen molar-refractivity contribution in [2.24, 2.45) is 11.8 Å². The highest BCUT2D eigenvalue weighted by Gasteiger charge is 2.84. The third-order valence-electron chi connectivity index (χ3n) is 8.94. The molecule has 16 heteroatoms. The van der Waals surface area contributed by atoms with E-state index in [2.05, 4.69) is 0 Å². The Kier molecular flexibility index (Phi) is 10.3. The summed E-state index contributed by atoms with van der Waals surface area (Å²) in [5.74, 6) is -9.45. The minimum atomic E-state index is -2.01. The number of piperidine rings is 1. The van der Waals surface area contributed by atoms with Crippen LogP contribution in [0.2, 0.25) is 0 Å². The lowest BCUT2D eigenvalue weighted by molar-refractivity contribution is -0.212. The molecule has 3 amide bonds. The minimum absolute atomic E-state index is 0.231. The maximum atomic E-state index is 14.8. The molecule has 0 N–H and O–H groups in total. The number of amides is 3. The summed E-state index contributed by atoms with van der Waals surface area (Å²) in [7, 11) is 1.36. The van der Waals surface area contributed by atoms with Gasteiger partial charge in [-0.15, -0.1) is 11.8 Å². The second-order valence-corrected chi connectivity index (χ2v) is 13.8. The van der Waals surface area contributed by atoms with Crippen molar-refractivity contribution < 1.29 is 62.0 Å². The summed E-state index contributed by atoms with van der Waals surface area (Å²) >= 11 is 0.884. The molecule has 0 saturated carbocycles. The number of hydrogen-bond donors (Lipinski definition) is 0. The van der Waals surface area contributed by atoms with Crippen LogP contribution in [-0.2, 0) is 66.8 Å². The van der Waals surface area contributed by atoms with Crippen LogP contribution in [0.4, 0.5) is 5.69 Å². The fourth-order valence-electron chi connectivity index (χ4n) is 7.26. The summed E-state index contributed by atoms with van der Waals surface area (Å²) in [5, 5.41) is 0. The van der Waals surface area contributed by atoms with Crippen molar-refractivity contribution in [2.45, 2.75) is 68.7 Å². The average Bonchev–Trinajstić information content (AvgIpc) is 3.62. The largest absolute Gasteiger partial charge is 0.462 e. The molecule has 8 atom stereocenters. The molecule has 3 aliphatic heterocycles. The molecule has 3 fully saturated rings. The minimum Gasteiger partial charge on any atom is -0.462 e. The van der Waals surface area contributed by atoms with Gasteiger partial charge in [-0.05, 0) is 17.7 Å². The Morgan fingerprint density at radius 2 is 1.20 bits per heavy atom. The molecule has 15 nitrogen and oxygen atoms in total. The Labute approximate surface area is 296 Å². The van der Waals surface area contributed by atoms with E-state index < -0.39 is 100 Å². The number of carbonyl (C=O) groups is 8. The molecule has 0 aliphatic carbocycles. The third kappa shape index (κ3) is 6.32. The Morgan fingerprint density at radius 3 is 1.73 bits per heavy atom. The van der Waals surface area contributed by atoms with Crippen molar-refractivity contribution in [1.29, 1.82) is 0 Å². The van der Waals surface area contributed by atoms with Gasteiger partial charge in [0.2, 0.25) is 17.7 Å². The predicted molar refractivity (Wildman–Crippen MR) is 176 cm³/mol. The van der Waals surface area contributed by atoms with Crippen LogP contribution in [0.3, 0.4) is 0 Å². The molecule has 2 bridgehead atoms. The topological polar surface area (TPSA) is 189 Å². The zero-order chi connectivity index (χ0) is 37.4. The molecule has 3 saturated heterocycles. The SMILES string of the molecule is CC(=O)OC[C@@H](OC(C)=O)[C@@H](OC(C)=O)[C@H](OC(C)=O)[C@@H](OC(C)=O)[C@@]12S[C@@](c3ccccc3)(C(=O)N1C)[C@@H]1C(=O)N(c3ccccc3)C(=O)[C@@H]12. The van der Waals surface area contributed by atoms with Crippen molar-refractivity contribution in [3.05, 3.63) is 66.2 Å². The molecular weight excluding hydrogens is 688 g/mol. The van der Waals surface area contributed by atoms with Gasteiger partial charge in [0, 0.05) is 41.7 Å². The van der Waals surface area contributed by atoms with Gasteiger partial charge < -0.3 is 28.6 Å². The average molecular weight is 725 g/mol. The lowest BCUT2D eigenvalue weighted by atomic mass is 9.69. The number of fused-ring (bicyclic) bond motifs is 5. The number of rotatable bonds is 12. The molecule has 2 aromatic carbocycles. The first-order chi connectivity index (χ1) is 24.1. The summed E-state index contributed by atoms with van der Waals surface area (Å²) in [6.07, 6.45) is -7.29. The fraction of sp³-hybridized carbons (Fsp3) is 0.429. The number of anilines is 1. The number of benzene rings is 2. The van der Waals surface area contributed by atoms with Crippen LogP contribution >= 0.6 is 11.8 Å². The van der Waals surface area contributed by atoms with E-state index in [-0.39, 0.29) is 5.69 Å². The van der Waals surface area contributed by atoms with Crippen LogP contribution in [0.1, 0.15) is 40.2 Å². The highest BCUT2D eigenvalue weighted by Crippen LogP contribution is 2.73. The second kappa shape index (κ2) is 14.2. The normalized spacial score (nSPS) is 25.7. The van der Waals surface area contributed by atoms with E-state index in [1.54, 1.807) is 60.7 Å². The third-order valence-corrected chi connectivity index (χ3v) is 11.0. The molecule has 3 aliphatic rings. The van der Waals surface area contributed by atoms with Crippen LogP contribution in [0.5, 0.6) is 0 Å². The monoisotopic (exact) mass is 724 g/mol. The Hall–Kier alpha value is -5.25. The molecule has 0 aromatic heterocycles. The van der Waals surface area contributed by atoms with Gasteiger partial charge in [0.25, 0.3) is 0 Å². The quantitative estimate of drug-likeness (QED) is 0.175. The highest BCUT2D eigenvalue weighted by atomic mass is 32.2. The second-order valence-electron chi connectivity index (χ2n) is 12.3. The number of esters is 5. The maximum Gasteiger partial charge on any atom is 0.303 e. The highest BCUT2D eigenvalue weighted by molar-refractivity contribution is 8.03. The molecule has 2 aromatic rings. The lowest BCUT2D eigenvalue weighted by Gasteiger charge is -2.47. The number of hydrogen-bond acceptors (Lipinski definition) is 14. The number of thioether (sulfide) groups is 1. The fourth-order valence-corrected chi connectivity index (χ4v) is 9.50. The van der Waals surface area contributed by atoms with E-state index in [1.165, 1.54) is 11.9 Å². The molecule has 51 heavy (non-hydrogen) atoms. The van der Waals surface area contributed by atoms with E-state index in [0.29, 0.717) is 5.56 Å². The molecule has 0 spiro atoms. The first kappa shape index (κ1) is 37.0. The zero-order valence-corrected chi connectivity index (χ0v) is 29.4. The summed E-state index contributed by atoms with van der Waals surface area (Å²) < 4.78 is 26.1. The lowest BCUT2D eigenvalue weighted by Crippen LogP contribution is -2.68. The number of likely N-dealkylation sites (N-methyl/N-ethyl adjacent to an activating group) is 1. The van der Waals surface area contributed by atoms with Crippen LogP contribution in [0.25, 0.3) is 0 Å². The van der Waals surface area contributed by atoms with Gasteiger partial charge in [-0.2, -0.15) is 0 Å². The van der Waals surface area contributed by atoms with Gasteiger partial charge in [-0.25, -0.2) is 4.90 Å². The van der Waals surface area contributed by atoms with E-state index in [4.69, 9.17) is 23.7 Å². The first-order valence-electron chi connectivity index (χ1n) is 15.9. The molecule has 270 valence electrons. The van der Waals surface area contributed by atoms with Crippen molar-refractivity contribution >= 4 is 65.0 Å². The number of para-hydroxylation sites is 1. The van der Waals surface area contributed by atoms with Gasteiger partial charge in [0.1, 0.15) is 16.2 Å². The van der Waals surface area contributed by atoms with E-state index >= 15 is 0 Å². The number of nitrogens with zero attached hydrogens (tertiary/aromatic N) is 2. The zero-order valence-electron chi connectivity index (χ0n) is 28.6. The van der Waals surface area contributed by atoms with E-state index in [0.717, 1.165) is 51.3 Å². The van der Waals surface area contributed by atoms with Crippen LogP contribution < -0.4 is 4.90 Å². The molecule has 0 unspecified atom stereocenters. The maximum absolute atomic E-state index is 14.8. The Morgan fingerprint density at radius 1 is 0.686 bits per heavy atom. The van der Waals surface area contributed by atoms with Crippen molar-refractivity contribution in [3.63, 3.8) is 0 Å². The summed E-state index contributed by atoms with van der Waals surface area (Å²) in [5.41, 5.74) is 0.613. The number of imide groups is 1. The Balaban J connectivity index is 1.80. The van der Waals surface area contributed by atoms with Gasteiger partial charge in [0.15, 0.2) is 24.4 Å². The van der Waals surface area contributed by atoms with E-state index in [1.807, 2.05) is 0 Å². The summed E-state index contributed by atoms with van der Waals surface area (Å²) in [4.78, 5) is 107. The van der Waals surface area contributed by atoms with Crippen LogP contribution in [0.15, 0.2) is 60.7 Å². The predicted octanol–water partition coefficient (Wildman–Crippen LogP) is 1.89. The first-order valence-corrected chi connectivity index (χ1v) is 16.7. The van der Waals surface area contributed by atoms with Crippen molar-refractivity contribution in [1.82, 2.24) is 4.90 Å². The summed E-state index contributed by atoms with van der Waals surface area (Å²) in [6.45, 7) is 4.46. The summed E-state index contributed by atoms with van der Waals surface area (Å²) in [6, 6.07) is 16.4. The van der Waals surface area contributed by atoms with Gasteiger partial charge in [0.05, 0.1) is 17.5 Å². The molecular formula is C35H36N2O13S. The number of carbonyl (C=O) groups excluding carboxylic acids is 8. The van der Waals surface area contributed by atoms with Gasteiger partial charge in [-0.3, -0.25) is 38.4 Å². The number of ether oxygens (including phenoxy) is 5. The smallest absolute Gasteiger partial charge is 0.303 e. The Bertz CT molecular complexity index is 1770. The van der Waals surface area contributed by atoms with Crippen molar-refractivity contribution in [2.75, 3.05) is 18.6 Å². The van der Waals surface area contributed by atoms with E-state index in [9.17, 15) is 38.4 Å². The molecule has 5 rings (SSSR count). The molecule has 3 heterocycles.